The zero-order chi connectivity index (χ0) is 27.2. The van der Waals surface area contributed by atoms with Crippen molar-refractivity contribution in [1.82, 2.24) is 24.8 Å². The van der Waals surface area contributed by atoms with E-state index in [9.17, 15) is 18.4 Å². The lowest BCUT2D eigenvalue weighted by atomic mass is 9.87. The molecule has 0 radical (unpaired) electrons. The van der Waals surface area contributed by atoms with E-state index >= 15 is 4.39 Å². The molecule has 1 amide bonds. The number of carbonyl (C=O) groups is 1. The van der Waals surface area contributed by atoms with Crippen LogP contribution in [0.2, 0.25) is 0 Å². The van der Waals surface area contributed by atoms with E-state index in [1.165, 1.54) is 23.0 Å². The van der Waals surface area contributed by atoms with Crippen LogP contribution in [0.3, 0.4) is 0 Å². The maximum atomic E-state index is 15.1. The van der Waals surface area contributed by atoms with Crippen molar-refractivity contribution in [1.29, 1.82) is 0 Å². The second-order valence-corrected chi connectivity index (χ2v) is 10.4. The number of piperidine rings is 1. The van der Waals surface area contributed by atoms with Crippen molar-refractivity contribution >= 4 is 22.8 Å². The zero-order valence-corrected chi connectivity index (χ0v) is 21.7. The van der Waals surface area contributed by atoms with Crippen molar-refractivity contribution in [3.8, 4) is 0 Å². The fraction of sp³-hybridized carbons (Fsp3) is 0.481. The zero-order valence-electron chi connectivity index (χ0n) is 21.7. The fourth-order valence-electron chi connectivity index (χ4n) is 5.47. The van der Waals surface area contributed by atoms with Crippen molar-refractivity contribution < 1.29 is 18.0 Å². The quantitative estimate of drug-likeness (QED) is 0.528. The van der Waals surface area contributed by atoms with Crippen LogP contribution in [0.1, 0.15) is 54.4 Å². The molecule has 0 spiro atoms. The molecule has 8 nitrogen and oxygen atoms in total. The summed E-state index contributed by atoms with van der Waals surface area (Å²) < 4.78 is 43.9. The first-order valence-electron chi connectivity index (χ1n) is 12.7. The first-order chi connectivity index (χ1) is 18.1. The van der Waals surface area contributed by atoms with Crippen LogP contribution in [-0.2, 0) is 24.1 Å². The Morgan fingerprint density at radius 2 is 1.89 bits per heavy atom. The van der Waals surface area contributed by atoms with Gasteiger partial charge in [0.05, 0.1) is 5.39 Å². The van der Waals surface area contributed by atoms with E-state index in [-0.39, 0.29) is 48.1 Å². The number of nitrogens with one attached hydrogen (secondary N) is 1. The minimum absolute atomic E-state index is 0.00539. The van der Waals surface area contributed by atoms with E-state index in [4.69, 9.17) is 0 Å². The SMILES string of the molecule is CC(=O)N1CCC(c2cc3c(N(C)Cc4cc(C(F)F)cc(C5(F)CNC5)c4)ncnc3n(C)c2=O)CC1. The lowest BCUT2D eigenvalue weighted by Gasteiger charge is -2.36. The molecule has 38 heavy (non-hydrogen) atoms. The number of hydrogen-bond acceptors (Lipinski definition) is 6. The van der Waals surface area contributed by atoms with Crippen LogP contribution in [0.25, 0.3) is 11.0 Å². The van der Waals surface area contributed by atoms with Gasteiger partial charge in [-0.2, -0.15) is 0 Å². The lowest BCUT2D eigenvalue weighted by Crippen LogP contribution is -2.53. The smallest absolute Gasteiger partial charge is 0.263 e. The van der Waals surface area contributed by atoms with Crippen LogP contribution in [-0.4, -0.2) is 58.6 Å². The molecular weight excluding hydrogens is 497 g/mol. The molecule has 1 aromatic carbocycles. The summed E-state index contributed by atoms with van der Waals surface area (Å²) in [5, 5.41) is 3.53. The van der Waals surface area contributed by atoms with E-state index in [2.05, 4.69) is 15.3 Å². The number of aryl methyl sites for hydroxylation is 1. The predicted molar refractivity (Wildman–Crippen MR) is 138 cm³/mol. The monoisotopic (exact) mass is 528 g/mol. The number of fused-ring (bicyclic) bond motifs is 1. The largest absolute Gasteiger partial charge is 0.355 e. The topological polar surface area (TPSA) is 83.4 Å². The standard InChI is InChI=1S/C27H31F3N6O2/c1-16(37)36-6-4-18(5-7-36)21-11-22-24(32-15-33-25(22)35(3)26(21)38)34(2)12-17-8-19(23(28)29)10-20(9-17)27(30)13-31-14-27/h8-11,15,18,23,31H,4-7,12-14H2,1-3H3. The Hall–Kier alpha value is -3.47. The van der Waals surface area contributed by atoms with Crippen LogP contribution in [0, 0.1) is 0 Å². The number of aromatic nitrogens is 3. The molecule has 2 aliphatic rings. The third-order valence-corrected chi connectivity index (χ3v) is 7.77. The van der Waals surface area contributed by atoms with Crippen molar-refractivity contribution in [2.24, 2.45) is 7.05 Å². The van der Waals surface area contributed by atoms with E-state index < -0.39 is 12.1 Å². The highest BCUT2D eigenvalue weighted by molar-refractivity contribution is 5.87. The van der Waals surface area contributed by atoms with E-state index in [0.717, 1.165) is 0 Å². The number of anilines is 1. The van der Waals surface area contributed by atoms with Gasteiger partial charge in [-0.25, -0.2) is 23.1 Å². The van der Waals surface area contributed by atoms with Gasteiger partial charge in [-0.05, 0) is 48.1 Å². The number of nitrogens with zero attached hydrogens (tertiary/aromatic N) is 5. The highest BCUT2D eigenvalue weighted by Crippen LogP contribution is 2.35. The van der Waals surface area contributed by atoms with Crippen molar-refractivity contribution in [2.45, 2.75) is 44.3 Å². The Labute approximate surface area is 218 Å². The third-order valence-electron chi connectivity index (χ3n) is 7.77. The summed E-state index contributed by atoms with van der Waals surface area (Å²) in [6.45, 7) is 3.12. The molecule has 2 fully saturated rings. The van der Waals surface area contributed by atoms with Gasteiger partial charge in [0.25, 0.3) is 12.0 Å². The highest BCUT2D eigenvalue weighted by Gasteiger charge is 2.39. The molecule has 2 aliphatic heterocycles. The van der Waals surface area contributed by atoms with Gasteiger partial charge in [0, 0.05) is 64.9 Å². The second kappa shape index (κ2) is 10.0. The number of halogens is 3. The molecule has 0 saturated carbocycles. The Morgan fingerprint density at radius 3 is 2.50 bits per heavy atom. The number of rotatable bonds is 6. The first-order valence-corrected chi connectivity index (χ1v) is 12.7. The lowest BCUT2D eigenvalue weighted by molar-refractivity contribution is -0.129. The number of hydrogen-bond donors (Lipinski definition) is 1. The summed E-state index contributed by atoms with van der Waals surface area (Å²) in [5.41, 5.74) is -0.130. The Kier molecular flexibility index (Phi) is 6.89. The van der Waals surface area contributed by atoms with Crippen molar-refractivity contribution in [2.75, 3.05) is 38.1 Å². The average Bonchev–Trinajstić information content (AvgIpc) is 2.88. The molecule has 11 heteroatoms. The van der Waals surface area contributed by atoms with Crippen molar-refractivity contribution in [3.63, 3.8) is 0 Å². The molecular formula is C27H31F3N6O2. The van der Waals surface area contributed by atoms with Crippen LogP contribution >= 0.6 is 0 Å². The summed E-state index contributed by atoms with van der Waals surface area (Å²) in [6.07, 6.45) is 0.0164. The average molecular weight is 529 g/mol. The van der Waals surface area contributed by atoms with Crippen LogP contribution < -0.4 is 15.8 Å². The molecule has 202 valence electrons. The van der Waals surface area contributed by atoms with Gasteiger partial charge in [-0.3, -0.25) is 14.2 Å². The van der Waals surface area contributed by atoms with Gasteiger partial charge >= 0.3 is 0 Å². The molecule has 0 unspecified atom stereocenters. The second-order valence-electron chi connectivity index (χ2n) is 10.4. The number of carbonyl (C=O) groups excluding carboxylic acids is 1. The summed E-state index contributed by atoms with van der Waals surface area (Å²) in [5.74, 6) is 0.560. The molecule has 2 aromatic heterocycles. The van der Waals surface area contributed by atoms with Crippen molar-refractivity contribution in [3.05, 3.63) is 63.2 Å². The third kappa shape index (κ3) is 4.75. The van der Waals surface area contributed by atoms with E-state index in [1.807, 2.05) is 6.07 Å². The van der Waals surface area contributed by atoms with E-state index in [1.54, 1.807) is 36.9 Å². The molecule has 3 aromatic rings. The van der Waals surface area contributed by atoms with Gasteiger partial charge in [0.1, 0.15) is 17.8 Å². The Morgan fingerprint density at radius 1 is 1.18 bits per heavy atom. The molecule has 0 bridgehead atoms. The molecule has 0 atom stereocenters. The maximum absolute atomic E-state index is 15.1. The number of amides is 1. The molecule has 5 rings (SSSR count). The first kappa shape index (κ1) is 26.1. The van der Waals surface area contributed by atoms with Gasteiger partial charge in [-0.1, -0.05) is 6.07 Å². The summed E-state index contributed by atoms with van der Waals surface area (Å²) in [6, 6.07) is 6.10. The molecule has 2 saturated heterocycles. The number of likely N-dealkylation sites (tertiary alicyclic amines) is 1. The summed E-state index contributed by atoms with van der Waals surface area (Å²) in [4.78, 5) is 37.4. The fourth-order valence-corrected chi connectivity index (χ4v) is 5.47. The highest BCUT2D eigenvalue weighted by atomic mass is 19.3. The van der Waals surface area contributed by atoms with Crippen LogP contribution in [0.4, 0.5) is 19.0 Å². The molecule has 0 aliphatic carbocycles. The Balaban J connectivity index is 1.49. The molecule has 4 heterocycles. The minimum Gasteiger partial charge on any atom is -0.355 e. The number of pyridine rings is 1. The Bertz CT molecular complexity index is 1430. The van der Waals surface area contributed by atoms with Gasteiger partial charge < -0.3 is 15.1 Å². The maximum Gasteiger partial charge on any atom is 0.263 e. The predicted octanol–water partition coefficient (Wildman–Crippen LogP) is 3.40. The summed E-state index contributed by atoms with van der Waals surface area (Å²) in [7, 11) is 3.45. The number of benzene rings is 1. The van der Waals surface area contributed by atoms with Gasteiger partial charge in [0.2, 0.25) is 5.91 Å². The minimum atomic E-state index is -2.72. The summed E-state index contributed by atoms with van der Waals surface area (Å²) >= 11 is 0. The van der Waals surface area contributed by atoms with Gasteiger partial charge in [0.15, 0.2) is 5.67 Å². The van der Waals surface area contributed by atoms with Gasteiger partial charge in [-0.15, -0.1) is 0 Å². The van der Waals surface area contributed by atoms with E-state index in [0.29, 0.717) is 53.9 Å². The normalized spacial score (nSPS) is 17.6. The molecule has 1 N–H and O–H groups in total. The van der Waals surface area contributed by atoms with Crippen LogP contribution in [0.5, 0.6) is 0 Å². The van der Waals surface area contributed by atoms with Crippen LogP contribution in [0.15, 0.2) is 35.4 Å². The number of alkyl halides is 3.